The third kappa shape index (κ3) is 3.41. The lowest BCUT2D eigenvalue weighted by Crippen LogP contribution is -2.46. The number of nitrogens with one attached hydrogen (secondary N) is 1. The van der Waals surface area contributed by atoms with Crippen LogP contribution in [0.4, 0.5) is 5.69 Å². The first kappa shape index (κ1) is 18.9. The van der Waals surface area contributed by atoms with Gasteiger partial charge in [-0.25, -0.2) is 0 Å². The molecule has 1 aromatic heterocycles. The molecule has 2 heterocycles. The molecule has 0 bridgehead atoms. The first-order chi connectivity index (χ1) is 14.1. The maximum Gasteiger partial charge on any atom is 0.266 e. The first-order valence-corrected chi connectivity index (χ1v) is 9.75. The minimum Gasteiger partial charge on any atom is -0.457 e. The van der Waals surface area contributed by atoms with E-state index in [9.17, 15) is 10.1 Å². The number of carbonyl (C=O) groups is 1. The van der Waals surface area contributed by atoms with Crippen molar-refractivity contribution in [3.8, 4) is 17.4 Å². The van der Waals surface area contributed by atoms with E-state index < -0.39 is 12.1 Å². The molecule has 1 unspecified atom stereocenters. The minimum atomic E-state index is -0.614. The van der Waals surface area contributed by atoms with Gasteiger partial charge in [-0.1, -0.05) is 55.5 Å². The van der Waals surface area contributed by atoms with E-state index in [2.05, 4.69) is 24.9 Å². The summed E-state index contributed by atoms with van der Waals surface area (Å²) >= 11 is 4.55. The highest BCUT2D eigenvalue weighted by atomic mass is 32.1. The van der Waals surface area contributed by atoms with Crippen LogP contribution in [0.3, 0.4) is 0 Å². The topological polar surface area (TPSA) is 69.3 Å². The number of hydrogen-bond donors (Lipinski definition) is 2. The Labute approximate surface area is 174 Å². The Bertz CT molecular complexity index is 1130. The van der Waals surface area contributed by atoms with E-state index >= 15 is 0 Å². The smallest absolute Gasteiger partial charge is 0.266 e. The molecular formula is C23H19N3O2S. The Morgan fingerprint density at radius 3 is 2.55 bits per heavy atom. The van der Waals surface area contributed by atoms with Gasteiger partial charge in [-0.3, -0.25) is 4.79 Å². The van der Waals surface area contributed by atoms with Gasteiger partial charge in [-0.05, 0) is 30.2 Å². The van der Waals surface area contributed by atoms with Crippen molar-refractivity contribution in [3.05, 3.63) is 88.7 Å². The third-order valence-corrected chi connectivity index (χ3v) is 5.34. The molecule has 1 amide bonds. The predicted octanol–water partition coefficient (Wildman–Crippen LogP) is 4.81. The summed E-state index contributed by atoms with van der Waals surface area (Å²) in [6, 6.07) is 23.3. The molecule has 0 saturated heterocycles. The zero-order valence-corrected chi connectivity index (χ0v) is 16.7. The van der Waals surface area contributed by atoms with Gasteiger partial charge >= 0.3 is 0 Å². The second-order valence-electron chi connectivity index (χ2n) is 6.61. The number of para-hydroxylation sites is 1. The summed E-state index contributed by atoms with van der Waals surface area (Å²) in [6.07, 6.45) is 0.182. The van der Waals surface area contributed by atoms with Crippen LogP contribution >= 0.6 is 12.6 Å². The van der Waals surface area contributed by atoms with Crippen molar-refractivity contribution in [1.82, 2.24) is 5.32 Å². The molecule has 1 atom stereocenters. The summed E-state index contributed by atoms with van der Waals surface area (Å²) in [5, 5.41) is 12.7. The summed E-state index contributed by atoms with van der Waals surface area (Å²) in [7, 11) is 0. The number of thiol groups is 1. The average Bonchev–Trinajstić information content (AvgIpc) is 3.24. The highest BCUT2D eigenvalue weighted by Gasteiger charge is 2.36. The number of nitriles is 1. The van der Waals surface area contributed by atoms with Crippen LogP contribution in [0.25, 0.3) is 11.3 Å². The second kappa shape index (κ2) is 7.90. The Kier molecular flexibility index (Phi) is 5.15. The van der Waals surface area contributed by atoms with E-state index in [1.807, 2.05) is 77.7 Å². The molecule has 1 aliphatic heterocycles. The van der Waals surface area contributed by atoms with Crippen LogP contribution < -0.4 is 10.2 Å². The molecule has 0 radical (unpaired) electrons. The zero-order chi connectivity index (χ0) is 20.4. The Morgan fingerprint density at radius 2 is 1.83 bits per heavy atom. The Morgan fingerprint density at radius 1 is 1.10 bits per heavy atom. The quantitative estimate of drug-likeness (QED) is 0.616. The van der Waals surface area contributed by atoms with Crippen molar-refractivity contribution in [3.63, 3.8) is 0 Å². The fourth-order valence-electron chi connectivity index (χ4n) is 3.46. The van der Waals surface area contributed by atoms with Gasteiger partial charge in [0.05, 0.1) is 5.03 Å². The molecule has 0 saturated carbocycles. The van der Waals surface area contributed by atoms with Crippen molar-refractivity contribution in [2.75, 3.05) is 4.90 Å². The first-order valence-electron chi connectivity index (χ1n) is 9.30. The van der Waals surface area contributed by atoms with E-state index in [0.29, 0.717) is 16.5 Å². The molecule has 2 aromatic carbocycles. The molecule has 0 aliphatic carbocycles. The second-order valence-corrected chi connectivity index (χ2v) is 7.03. The average molecular weight is 401 g/mol. The van der Waals surface area contributed by atoms with Gasteiger partial charge in [0.1, 0.15) is 23.2 Å². The summed E-state index contributed by atoms with van der Waals surface area (Å²) in [5.74, 6) is 0.798. The van der Waals surface area contributed by atoms with E-state index in [1.165, 1.54) is 0 Å². The zero-order valence-electron chi connectivity index (χ0n) is 15.8. The van der Waals surface area contributed by atoms with Gasteiger partial charge in [-0.15, -0.1) is 12.6 Å². The number of carbonyl (C=O) groups excluding carboxylic acids is 1. The van der Waals surface area contributed by atoms with Crippen LogP contribution in [0, 0.1) is 11.3 Å². The highest BCUT2D eigenvalue weighted by Crippen LogP contribution is 2.39. The van der Waals surface area contributed by atoms with Crippen molar-refractivity contribution < 1.29 is 9.21 Å². The maximum atomic E-state index is 12.5. The maximum absolute atomic E-state index is 12.5. The normalized spacial score (nSPS) is 16.5. The molecule has 0 fully saturated rings. The van der Waals surface area contributed by atoms with Gasteiger partial charge in [0.15, 0.2) is 6.17 Å². The largest absolute Gasteiger partial charge is 0.457 e. The molecule has 144 valence electrons. The lowest BCUT2D eigenvalue weighted by molar-refractivity contribution is -0.118. The molecule has 3 aromatic rings. The van der Waals surface area contributed by atoms with E-state index in [4.69, 9.17) is 4.42 Å². The standard InChI is InChI=1S/C23H19N3O2S/c1-2-15-8-6-7-11-18(15)26-21(25-22(27)17(14-24)23(26)29)20-13-12-19(28-20)16-9-4-3-5-10-16/h3-13,21,29H,2H2,1H3,(H,25,27). The minimum absolute atomic E-state index is 0.0228. The molecule has 1 aliphatic rings. The Hall–Kier alpha value is -3.43. The molecule has 5 nitrogen and oxygen atoms in total. The molecule has 4 rings (SSSR count). The fraction of sp³-hybridized carbons (Fsp3) is 0.130. The van der Waals surface area contributed by atoms with Crippen molar-refractivity contribution in [2.45, 2.75) is 19.5 Å². The third-order valence-electron chi connectivity index (χ3n) is 4.90. The van der Waals surface area contributed by atoms with Crippen LogP contribution in [-0.2, 0) is 11.2 Å². The molecular weight excluding hydrogens is 382 g/mol. The van der Waals surface area contributed by atoms with E-state index in [-0.39, 0.29) is 5.57 Å². The monoisotopic (exact) mass is 401 g/mol. The van der Waals surface area contributed by atoms with Crippen LogP contribution in [0.5, 0.6) is 0 Å². The number of rotatable bonds is 4. The highest BCUT2D eigenvalue weighted by molar-refractivity contribution is 7.84. The van der Waals surface area contributed by atoms with Crippen LogP contribution in [0.1, 0.15) is 24.4 Å². The summed E-state index contributed by atoms with van der Waals surface area (Å²) < 4.78 is 6.10. The molecule has 29 heavy (non-hydrogen) atoms. The van der Waals surface area contributed by atoms with Crippen molar-refractivity contribution in [2.24, 2.45) is 0 Å². The molecule has 6 heteroatoms. The van der Waals surface area contributed by atoms with Crippen molar-refractivity contribution in [1.29, 1.82) is 5.26 Å². The SMILES string of the molecule is CCc1ccccc1N1C(S)=C(C#N)C(=O)NC1c1ccc(-c2ccccc2)o1. The summed E-state index contributed by atoms with van der Waals surface area (Å²) in [4.78, 5) is 14.4. The lowest BCUT2D eigenvalue weighted by Gasteiger charge is -2.37. The van der Waals surface area contributed by atoms with Gasteiger partial charge in [0.2, 0.25) is 0 Å². The lowest BCUT2D eigenvalue weighted by atomic mass is 10.1. The molecule has 1 N–H and O–H groups in total. The number of amides is 1. The number of furan rings is 1. The van der Waals surface area contributed by atoms with Gasteiger partial charge < -0.3 is 14.6 Å². The van der Waals surface area contributed by atoms with E-state index in [1.54, 1.807) is 0 Å². The van der Waals surface area contributed by atoms with Gasteiger partial charge in [0.25, 0.3) is 5.91 Å². The summed E-state index contributed by atoms with van der Waals surface area (Å²) in [6.45, 7) is 2.06. The van der Waals surface area contributed by atoms with Crippen LogP contribution in [0.2, 0.25) is 0 Å². The molecule has 0 spiro atoms. The van der Waals surface area contributed by atoms with Crippen LogP contribution in [-0.4, -0.2) is 5.91 Å². The van der Waals surface area contributed by atoms with Gasteiger partial charge in [0, 0.05) is 11.3 Å². The number of nitrogens with zero attached hydrogens (tertiary/aromatic N) is 2. The van der Waals surface area contributed by atoms with E-state index in [0.717, 1.165) is 23.2 Å². The number of benzene rings is 2. The Balaban J connectivity index is 1.83. The van der Waals surface area contributed by atoms with Gasteiger partial charge in [-0.2, -0.15) is 5.26 Å². The number of aryl methyl sites for hydroxylation is 1. The number of hydrogen-bond acceptors (Lipinski definition) is 5. The fourth-order valence-corrected chi connectivity index (χ4v) is 3.83. The van der Waals surface area contributed by atoms with Crippen LogP contribution in [0.15, 0.2) is 81.7 Å². The number of anilines is 1. The predicted molar refractivity (Wildman–Crippen MR) is 115 cm³/mol. The van der Waals surface area contributed by atoms with Crippen molar-refractivity contribution >= 4 is 24.2 Å². The summed E-state index contributed by atoms with van der Waals surface area (Å²) in [5.41, 5.74) is 2.87.